The van der Waals surface area contributed by atoms with Gasteiger partial charge in [0.05, 0.1) is 0 Å². The summed E-state index contributed by atoms with van der Waals surface area (Å²) in [6.45, 7) is 9.04. The lowest BCUT2D eigenvalue weighted by atomic mass is 10.1. The van der Waals surface area contributed by atoms with Gasteiger partial charge in [0.1, 0.15) is 0 Å². The first-order valence-corrected chi connectivity index (χ1v) is 8.27. The number of hydrogen-bond donors (Lipinski definition) is 1. The first kappa shape index (κ1) is 15.5. The van der Waals surface area contributed by atoms with E-state index in [0.717, 1.165) is 13.1 Å². The third-order valence-electron chi connectivity index (χ3n) is 4.06. The molecule has 1 aromatic rings. The Morgan fingerprint density at radius 1 is 1.00 bits per heavy atom. The molecule has 0 aromatic heterocycles. The molecule has 0 atom stereocenters. The molecular formula is C18H30N2. The molecule has 0 aliphatic carbocycles. The zero-order valence-electron chi connectivity index (χ0n) is 13.2. The lowest BCUT2D eigenvalue weighted by Crippen LogP contribution is -2.27. The van der Waals surface area contributed by atoms with E-state index in [-0.39, 0.29) is 0 Å². The molecule has 0 spiro atoms. The molecule has 2 heteroatoms. The molecular weight excluding hydrogens is 244 g/mol. The van der Waals surface area contributed by atoms with E-state index < -0.39 is 0 Å². The second-order valence-electron chi connectivity index (χ2n) is 6.40. The molecule has 1 aliphatic rings. The molecule has 112 valence electrons. The van der Waals surface area contributed by atoms with Gasteiger partial charge in [0, 0.05) is 19.1 Å². The maximum Gasteiger partial charge on any atom is 0.0233 e. The SMILES string of the molecule is CC(C)NCc1cccc(CN2CCCCCCC2)c1. The highest BCUT2D eigenvalue weighted by Crippen LogP contribution is 2.14. The molecule has 2 rings (SSSR count). The van der Waals surface area contributed by atoms with Gasteiger partial charge in [0.25, 0.3) is 0 Å². The third kappa shape index (κ3) is 5.64. The number of benzene rings is 1. The van der Waals surface area contributed by atoms with Crippen LogP contribution >= 0.6 is 0 Å². The van der Waals surface area contributed by atoms with Crippen molar-refractivity contribution in [3.63, 3.8) is 0 Å². The van der Waals surface area contributed by atoms with E-state index in [9.17, 15) is 0 Å². The van der Waals surface area contributed by atoms with Crippen LogP contribution < -0.4 is 5.32 Å². The van der Waals surface area contributed by atoms with Gasteiger partial charge in [-0.1, -0.05) is 57.4 Å². The fourth-order valence-electron chi connectivity index (χ4n) is 2.89. The molecule has 20 heavy (non-hydrogen) atoms. The Morgan fingerprint density at radius 2 is 1.65 bits per heavy atom. The summed E-state index contributed by atoms with van der Waals surface area (Å²) in [5.74, 6) is 0. The van der Waals surface area contributed by atoms with E-state index in [1.807, 2.05) is 0 Å². The minimum Gasteiger partial charge on any atom is -0.310 e. The third-order valence-corrected chi connectivity index (χ3v) is 4.06. The van der Waals surface area contributed by atoms with Crippen LogP contribution in [0.4, 0.5) is 0 Å². The summed E-state index contributed by atoms with van der Waals surface area (Å²) in [5, 5.41) is 3.50. The second-order valence-corrected chi connectivity index (χ2v) is 6.40. The van der Waals surface area contributed by atoms with E-state index >= 15 is 0 Å². The summed E-state index contributed by atoms with van der Waals surface area (Å²) in [5.41, 5.74) is 2.87. The summed E-state index contributed by atoms with van der Waals surface area (Å²) < 4.78 is 0. The summed E-state index contributed by atoms with van der Waals surface area (Å²) in [4.78, 5) is 2.63. The first-order chi connectivity index (χ1) is 9.74. The van der Waals surface area contributed by atoms with Gasteiger partial charge in [0.2, 0.25) is 0 Å². The lowest BCUT2D eigenvalue weighted by Gasteiger charge is -2.24. The molecule has 1 heterocycles. The van der Waals surface area contributed by atoms with E-state index in [1.165, 1.54) is 56.3 Å². The van der Waals surface area contributed by atoms with Crippen molar-refractivity contribution in [3.8, 4) is 0 Å². The first-order valence-electron chi connectivity index (χ1n) is 8.27. The number of nitrogens with one attached hydrogen (secondary N) is 1. The predicted octanol–water partition coefficient (Wildman–Crippen LogP) is 3.95. The van der Waals surface area contributed by atoms with Gasteiger partial charge in [-0.15, -0.1) is 0 Å². The van der Waals surface area contributed by atoms with Gasteiger partial charge >= 0.3 is 0 Å². The topological polar surface area (TPSA) is 15.3 Å². The predicted molar refractivity (Wildman–Crippen MR) is 86.8 cm³/mol. The lowest BCUT2D eigenvalue weighted by molar-refractivity contribution is 0.240. The fourth-order valence-corrected chi connectivity index (χ4v) is 2.89. The van der Waals surface area contributed by atoms with Crippen molar-refractivity contribution in [1.82, 2.24) is 10.2 Å². The molecule has 2 nitrogen and oxygen atoms in total. The van der Waals surface area contributed by atoms with Crippen molar-refractivity contribution < 1.29 is 0 Å². The Balaban J connectivity index is 1.89. The van der Waals surface area contributed by atoms with Crippen LogP contribution in [0.3, 0.4) is 0 Å². The maximum absolute atomic E-state index is 3.50. The van der Waals surface area contributed by atoms with Crippen molar-refractivity contribution in [1.29, 1.82) is 0 Å². The summed E-state index contributed by atoms with van der Waals surface area (Å²) >= 11 is 0. The van der Waals surface area contributed by atoms with E-state index in [4.69, 9.17) is 0 Å². The van der Waals surface area contributed by atoms with Crippen LogP contribution in [-0.4, -0.2) is 24.0 Å². The van der Waals surface area contributed by atoms with Gasteiger partial charge in [-0.05, 0) is 37.1 Å². The van der Waals surface area contributed by atoms with Gasteiger partial charge in [0.15, 0.2) is 0 Å². The molecule has 0 amide bonds. The number of nitrogens with zero attached hydrogens (tertiary/aromatic N) is 1. The van der Waals surface area contributed by atoms with E-state index in [2.05, 4.69) is 48.3 Å². The molecule has 1 fully saturated rings. The van der Waals surface area contributed by atoms with Crippen molar-refractivity contribution in [2.75, 3.05) is 13.1 Å². The minimum atomic E-state index is 0.549. The Kier molecular flexibility index (Phi) is 6.55. The summed E-state index contributed by atoms with van der Waals surface area (Å²) in [7, 11) is 0. The maximum atomic E-state index is 3.50. The average molecular weight is 274 g/mol. The fraction of sp³-hybridized carbons (Fsp3) is 0.667. The molecule has 0 bridgehead atoms. The number of likely N-dealkylation sites (tertiary alicyclic amines) is 1. The second kappa shape index (κ2) is 8.43. The van der Waals surface area contributed by atoms with E-state index in [0.29, 0.717) is 6.04 Å². The van der Waals surface area contributed by atoms with Crippen LogP contribution in [0.2, 0.25) is 0 Å². The molecule has 1 saturated heterocycles. The van der Waals surface area contributed by atoms with Gasteiger partial charge in [-0.25, -0.2) is 0 Å². The summed E-state index contributed by atoms with van der Waals surface area (Å²) in [6, 6.07) is 9.63. The molecule has 1 aliphatic heterocycles. The molecule has 1 aromatic carbocycles. The minimum absolute atomic E-state index is 0.549. The summed E-state index contributed by atoms with van der Waals surface area (Å²) in [6.07, 6.45) is 7.00. The van der Waals surface area contributed by atoms with Gasteiger partial charge in [-0.2, -0.15) is 0 Å². The van der Waals surface area contributed by atoms with E-state index in [1.54, 1.807) is 0 Å². The van der Waals surface area contributed by atoms with Crippen LogP contribution in [0, 0.1) is 0 Å². The zero-order chi connectivity index (χ0) is 14.2. The molecule has 0 radical (unpaired) electrons. The Morgan fingerprint density at radius 3 is 2.35 bits per heavy atom. The van der Waals surface area contributed by atoms with Gasteiger partial charge < -0.3 is 5.32 Å². The molecule has 1 N–H and O–H groups in total. The highest BCUT2D eigenvalue weighted by Gasteiger charge is 2.09. The van der Waals surface area contributed by atoms with Crippen molar-refractivity contribution >= 4 is 0 Å². The van der Waals surface area contributed by atoms with Crippen molar-refractivity contribution in [2.24, 2.45) is 0 Å². The van der Waals surface area contributed by atoms with Crippen LogP contribution in [0.15, 0.2) is 24.3 Å². The van der Waals surface area contributed by atoms with Crippen LogP contribution in [0.1, 0.15) is 57.1 Å². The number of hydrogen-bond acceptors (Lipinski definition) is 2. The van der Waals surface area contributed by atoms with Gasteiger partial charge in [-0.3, -0.25) is 4.90 Å². The zero-order valence-corrected chi connectivity index (χ0v) is 13.2. The number of rotatable bonds is 5. The standard InChI is InChI=1S/C18H30N2/c1-16(2)19-14-17-9-8-10-18(13-17)15-20-11-6-4-3-5-7-12-20/h8-10,13,16,19H,3-7,11-12,14-15H2,1-2H3. The van der Waals surface area contributed by atoms with Crippen molar-refractivity contribution in [2.45, 2.75) is 65.1 Å². The van der Waals surface area contributed by atoms with Crippen LogP contribution in [0.25, 0.3) is 0 Å². The largest absolute Gasteiger partial charge is 0.310 e. The highest BCUT2D eigenvalue weighted by molar-refractivity contribution is 5.23. The monoisotopic (exact) mass is 274 g/mol. The van der Waals surface area contributed by atoms with Crippen LogP contribution in [0.5, 0.6) is 0 Å². The smallest absolute Gasteiger partial charge is 0.0233 e. The highest BCUT2D eigenvalue weighted by atomic mass is 15.1. The average Bonchev–Trinajstić information content (AvgIpc) is 2.40. The normalized spacial score (nSPS) is 17.9. The van der Waals surface area contributed by atoms with Crippen molar-refractivity contribution in [3.05, 3.63) is 35.4 Å². The molecule has 0 saturated carbocycles. The Bertz CT molecular complexity index is 379. The molecule has 0 unspecified atom stereocenters. The van der Waals surface area contributed by atoms with Crippen LogP contribution in [-0.2, 0) is 13.1 Å². The Labute approximate surface area is 124 Å². The Hall–Kier alpha value is -0.860. The quantitative estimate of drug-likeness (QED) is 0.874.